The van der Waals surface area contributed by atoms with E-state index in [0.717, 1.165) is 53.8 Å². The fourth-order valence-corrected chi connectivity index (χ4v) is 4.32. The largest absolute Gasteiger partial charge is 0.366 e. The molecular weight excluding hydrogens is 416 g/mol. The van der Waals surface area contributed by atoms with E-state index >= 15 is 0 Å². The first-order chi connectivity index (χ1) is 16.0. The number of anilines is 2. The molecule has 0 unspecified atom stereocenters. The number of carbonyl (C=O) groups is 1. The second kappa shape index (κ2) is 8.59. The molecule has 0 aliphatic carbocycles. The second-order valence-electron chi connectivity index (χ2n) is 8.53. The predicted octanol–water partition coefficient (Wildman–Crippen LogP) is 2.76. The number of piperidine rings is 1. The summed E-state index contributed by atoms with van der Waals surface area (Å²) < 4.78 is 1.76. The first-order valence-electron chi connectivity index (χ1n) is 11.0. The number of primary amides is 1. The Bertz CT molecular complexity index is 1310. The number of likely N-dealkylation sites (tertiary alicyclic amines) is 1. The van der Waals surface area contributed by atoms with Crippen LogP contribution in [0.1, 0.15) is 23.2 Å². The smallest absolute Gasteiger partial charge is 0.248 e. The van der Waals surface area contributed by atoms with Gasteiger partial charge in [0.25, 0.3) is 0 Å². The molecule has 9 heteroatoms. The van der Waals surface area contributed by atoms with Crippen molar-refractivity contribution in [3.63, 3.8) is 0 Å². The van der Waals surface area contributed by atoms with E-state index in [-0.39, 0.29) is 6.04 Å². The molecule has 1 aliphatic rings. The average Bonchev–Trinajstić information content (AvgIpc) is 3.26. The lowest BCUT2D eigenvalue weighted by molar-refractivity contribution is 0.1000. The van der Waals surface area contributed by atoms with Gasteiger partial charge in [0.15, 0.2) is 0 Å². The second-order valence-corrected chi connectivity index (χ2v) is 8.53. The highest BCUT2D eigenvalue weighted by Gasteiger charge is 2.27. The first-order valence-corrected chi connectivity index (χ1v) is 11.0. The molecule has 4 aromatic rings. The maximum Gasteiger partial charge on any atom is 0.248 e. The number of nitrogens with zero attached hydrogens (tertiary/aromatic N) is 7. The average molecular weight is 443 g/mol. The summed E-state index contributed by atoms with van der Waals surface area (Å²) in [7, 11) is 4.02. The molecule has 1 saturated heterocycles. The van der Waals surface area contributed by atoms with Crippen LogP contribution in [0.4, 0.5) is 11.6 Å². The lowest BCUT2D eigenvalue weighted by Gasteiger charge is -2.37. The number of rotatable bonds is 5. The van der Waals surface area contributed by atoms with E-state index in [9.17, 15) is 4.79 Å². The highest BCUT2D eigenvalue weighted by Crippen LogP contribution is 2.32. The van der Waals surface area contributed by atoms with Crippen LogP contribution >= 0.6 is 0 Å². The standard InChI is InChI=1S/C24H26N8O/c1-30-7-4-20(5-8-30)32(22-10-16(24(25)33)3-6-26-22)23-11-17-9-21(19-14-29-31(2)15-19)27-12-18(17)13-28-23/h3,6,9-15,20H,4-5,7-8H2,1-2H3,(H2,25,33). The number of hydrogen-bond donors (Lipinski definition) is 1. The van der Waals surface area contributed by atoms with Crippen molar-refractivity contribution in [1.82, 2.24) is 29.6 Å². The predicted molar refractivity (Wildman–Crippen MR) is 127 cm³/mol. The third-order valence-corrected chi connectivity index (χ3v) is 6.17. The minimum Gasteiger partial charge on any atom is -0.366 e. The Hall–Kier alpha value is -3.85. The zero-order valence-corrected chi connectivity index (χ0v) is 18.7. The maximum absolute atomic E-state index is 11.8. The van der Waals surface area contributed by atoms with Crippen molar-refractivity contribution in [2.45, 2.75) is 18.9 Å². The number of aromatic nitrogens is 5. The van der Waals surface area contributed by atoms with E-state index in [1.54, 1.807) is 29.2 Å². The van der Waals surface area contributed by atoms with Crippen LogP contribution in [0.15, 0.2) is 55.2 Å². The topological polar surface area (TPSA) is 106 Å². The van der Waals surface area contributed by atoms with Gasteiger partial charge in [-0.1, -0.05) is 0 Å². The van der Waals surface area contributed by atoms with Gasteiger partial charge in [0, 0.05) is 54.4 Å². The van der Waals surface area contributed by atoms with Crippen molar-refractivity contribution in [3.8, 4) is 11.3 Å². The van der Waals surface area contributed by atoms with Gasteiger partial charge in [0.2, 0.25) is 5.91 Å². The van der Waals surface area contributed by atoms with Gasteiger partial charge >= 0.3 is 0 Å². The Morgan fingerprint density at radius 2 is 1.76 bits per heavy atom. The van der Waals surface area contributed by atoms with Crippen LogP contribution < -0.4 is 10.6 Å². The van der Waals surface area contributed by atoms with Crippen LogP contribution in [0.25, 0.3) is 22.0 Å². The number of amides is 1. The fourth-order valence-electron chi connectivity index (χ4n) is 4.32. The van der Waals surface area contributed by atoms with Crippen LogP contribution in [0.5, 0.6) is 0 Å². The monoisotopic (exact) mass is 442 g/mol. The molecule has 5 rings (SSSR count). The summed E-state index contributed by atoms with van der Waals surface area (Å²) in [5, 5.41) is 6.23. The minimum absolute atomic E-state index is 0.210. The highest BCUT2D eigenvalue weighted by molar-refractivity contribution is 5.93. The van der Waals surface area contributed by atoms with Gasteiger partial charge in [-0.15, -0.1) is 0 Å². The third kappa shape index (κ3) is 4.27. The molecule has 33 heavy (non-hydrogen) atoms. The van der Waals surface area contributed by atoms with Crippen molar-refractivity contribution in [2.75, 3.05) is 25.0 Å². The molecule has 0 radical (unpaired) electrons. The molecule has 0 aromatic carbocycles. The minimum atomic E-state index is -0.472. The normalized spacial score (nSPS) is 15.1. The Morgan fingerprint density at radius 1 is 1.00 bits per heavy atom. The van der Waals surface area contributed by atoms with E-state index in [0.29, 0.717) is 11.4 Å². The van der Waals surface area contributed by atoms with Crippen molar-refractivity contribution in [3.05, 3.63) is 60.8 Å². The van der Waals surface area contributed by atoms with E-state index in [4.69, 9.17) is 10.7 Å². The van der Waals surface area contributed by atoms with Crippen LogP contribution in [0.2, 0.25) is 0 Å². The van der Waals surface area contributed by atoms with Crippen molar-refractivity contribution < 1.29 is 4.79 Å². The lowest BCUT2D eigenvalue weighted by atomic mass is 10.0. The van der Waals surface area contributed by atoms with Crippen LogP contribution in [-0.2, 0) is 7.05 Å². The van der Waals surface area contributed by atoms with Gasteiger partial charge in [-0.05, 0) is 62.6 Å². The molecule has 0 saturated carbocycles. The van der Waals surface area contributed by atoms with Gasteiger partial charge in [0.05, 0.1) is 11.9 Å². The summed E-state index contributed by atoms with van der Waals surface area (Å²) >= 11 is 0. The molecule has 0 spiro atoms. The van der Waals surface area contributed by atoms with E-state index in [2.05, 4.69) is 44.0 Å². The van der Waals surface area contributed by atoms with E-state index in [1.807, 2.05) is 25.6 Å². The van der Waals surface area contributed by atoms with Crippen molar-refractivity contribution in [1.29, 1.82) is 0 Å². The molecule has 1 amide bonds. The lowest BCUT2D eigenvalue weighted by Crippen LogP contribution is -2.42. The SMILES string of the molecule is CN1CCC(N(c2cc(C(N)=O)ccn2)c2cc3cc(-c4cnn(C)c4)ncc3cn2)CC1. The Labute approximate surface area is 191 Å². The number of carbonyl (C=O) groups excluding carboxylic acids is 1. The quantitative estimate of drug-likeness (QED) is 0.506. The molecule has 0 atom stereocenters. The zero-order valence-electron chi connectivity index (χ0n) is 18.7. The summed E-state index contributed by atoms with van der Waals surface area (Å²) in [6.07, 6.45) is 11.0. The van der Waals surface area contributed by atoms with E-state index < -0.39 is 5.91 Å². The molecule has 4 aromatic heterocycles. The summed E-state index contributed by atoms with van der Waals surface area (Å²) in [4.78, 5) is 30.2. The number of aryl methyl sites for hydroxylation is 1. The third-order valence-electron chi connectivity index (χ3n) is 6.17. The number of nitrogens with two attached hydrogens (primary N) is 1. The Morgan fingerprint density at radius 3 is 2.48 bits per heavy atom. The Kier molecular flexibility index (Phi) is 5.47. The van der Waals surface area contributed by atoms with Gasteiger partial charge < -0.3 is 15.5 Å². The molecular formula is C24H26N8O. The van der Waals surface area contributed by atoms with Crippen LogP contribution in [0, 0.1) is 0 Å². The molecule has 0 bridgehead atoms. The number of fused-ring (bicyclic) bond motifs is 1. The first kappa shape index (κ1) is 21.0. The summed E-state index contributed by atoms with van der Waals surface area (Å²) in [6, 6.07) is 7.71. The molecule has 9 nitrogen and oxygen atoms in total. The summed E-state index contributed by atoms with van der Waals surface area (Å²) in [5.74, 6) is 0.990. The van der Waals surface area contributed by atoms with Crippen molar-refractivity contribution >= 4 is 28.3 Å². The van der Waals surface area contributed by atoms with Crippen molar-refractivity contribution in [2.24, 2.45) is 12.8 Å². The maximum atomic E-state index is 11.8. The highest BCUT2D eigenvalue weighted by atomic mass is 16.1. The van der Waals surface area contributed by atoms with Gasteiger partial charge in [-0.25, -0.2) is 9.97 Å². The molecule has 168 valence electrons. The molecule has 5 heterocycles. The summed E-state index contributed by atoms with van der Waals surface area (Å²) in [6.45, 7) is 1.97. The van der Waals surface area contributed by atoms with Gasteiger partial charge in [-0.2, -0.15) is 5.10 Å². The molecule has 2 N–H and O–H groups in total. The zero-order chi connectivity index (χ0) is 22.9. The molecule has 1 fully saturated rings. The van der Waals surface area contributed by atoms with Gasteiger partial charge in [0.1, 0.15) is 11.6 Å². The summed E-state index contributed by atoms with van der Waals surface area (Å²) in [5.41, 5.74) is 7.79. The number of pyridine rings is 3. The molecule has 1 aliphatic heterocycles. The van der Waals surface area contributed by atoms with Crippen LogP contribution in [-0.4, -0.2) is 61.7 Å². The number of hydrogen-bond acceptors (Lipinski definition) is 7. The van der Waals surface area contributed by atoms with Gasteiger partial charge in [-0.3, -0.25) is 14.5 Å². The van der Waals surface area contributed by atoms with E-state index in [1.165, 1.54) is 0 Å². The Balaban J connectivity index is 1.59. The fraction of sp³-hybridized carbons (Fsp3) is 0.292. The van der Waals surface area contributed by atoms with Crippen LogP contribution in [0.3, 0.4) is 0 Å².